The number of hydrogen-bond donors (Lipinski definition) is 1. The highest BCUT2D eigenvalue weighted by molar-refractivity contribution is 6.82. The molecular formula is C32H52BN3O5Si. The second-order valence-electron chi connectivity index (χ2n) is 14.3. The zero-order valence-corrected chi connectivity index (χ0v) is 28.8. The molecule has 1 N–H and O–H groups in total. The maximum absolute atomic E-state index is 12.1. The van der Waals surface area contributed by atoms with Crippen LogP contribution in [-0.4, -0.2) is 72.1 Å². The number of ether oxygens (including phenoxy) is 1. The third-order valence-electron chi connectivity index (χ3n) is 10.6. The molecule has 0 saturated carbocycles. The van der Waals surface area contributed by atoms with E-state index in [1.165, 1.54) is 4.90 Å². The second kappa shape index (κ2) is 11.7. The quantitative estimate of drug-likeness (QED) is 0.314. The number of hydrogen-bond acceptors (Lipinski definition) is 5. The number of carboxylic acid groups (broad SMARTS) is 1. The fraction of sp³-hybridized carbons (Fsp3) is 0.688. The van der Waals surface area contributed by atoms with E-state index in [4.69, 9.17) is 19.0 Å². The molecule has 4 rings (SSSR count). The topological polar surface area (TPSA) is 86.1 Å². The lowest BCUT2D eigenvalue weighted by Crippen LogP contribution is -2.51. The van der Waals surface area contributed by atoms with Crippen LogP contribution in [0.4, 0.5) is 4.79 Å². The number of likely N-dealkylation sites (tertiary alicyclic amines) is 1. The van der Waals surface area contributed by atoms with E-state index in [1.807, 2.05) is 6.20 Å². The first kappa shape index (κ1) is 32.6. The second-order valence-corrected chi connectivity index (χ2v) is 20.0. The molecule has 0 aromatic carbocycles. The minimum Gasteiger partial charge on any atom is -0.494 e. The van der Waals surface area contributed by atoms with Gasteiger partial charge in [-0.2, -0.15) is 0 Å². The molecule has 42 heavy (non-hydrogen) atoms. The van der Waals surface area contributed by atoms with Crippen molar-refractivity contribution in [3.63, 3.8) is 0 Å². The summed E-state index contributed by atoms with van der Waals surface area (Å²) in [6.07, 6.45) is 3.97. The minimum absolute atomic E-state index is 0.0703. The zero-order valence-electron chi connectivity index (χ0n) is 27.8. The fourth-order valence-corrected chi connectivity index (χ4v) is 14.4. The van der Waals surface area contributed by atoms with Gasteiger partial charge in [0, 0.05) is 30.0 Å². The minimum atomic E-state index is -2.10. The van der Waals surface area contributed by atoms with Gasteiger partial charge < -0.3 is 28.3 Å². The van der Waals surface area contributed by atoms with Crippen molar-refractivity contribution in [2.75, 3.05) is 20.2 Å². The fourth-order valence-electron chi connectivity index (χ4n) is 7.81. The van der Waals surface area contributed by atoms with Crippen LogP contribution in [0.1, 0.15) is 88.1 Å². The summed E-state index contributed by atoms with van der Waals surface area (Å²) >= 11 is 0. The van der Waals surface area contributed by atoms with Crippen molar-refractivity contribution in [3.05, 3.63) is 30.0 Å². The molecule has 232 valence electrons. The summed E-state index contributed by atoms with van der Waals surface area (Å²) in [7, 11) is -0.997. The molecule has 0 radical (unpaired) electrons. The molecule has 2 aromatic heterocycles. The Morgan fingerprint density at radius 1 is 1.12 bits per heavy atom. The van der Waals surface area contributed by atoms with Gasteiger partial charge in [0.25, 0.3) is 0 Å². The molecule has 2 saturated heterocycles. The predicted molar refractivity (Wildman–Crippen MR) is 174 cm³/mol. The third-order valence-corrected chi connectivity index (χ3v) is 17.3. The number of rotatable bonds is 8. The molecule has 2 aliphatic rings. The molecule has 0 aliphatic carbocycles. The van der Waals surface area contributed by atoms with Gasteiger partial charge in [0.15, 0.2) is 8.24 Å². The molecule has 2 aromatic rings. The molecule has 10 heteroatoms. The van der Waals surface area contributed by atoms with E-state index < -0.39 is 32.6 Å². The first-order chi connectivity index (χ1) is 19.5. The largest absolute Gasteiger partial charge is 0.494 e. The first-order valence-electron chi connectivity index (χ1n) is 15.6. The number of amides is 1. The van der Waals surface area contributed by atoms with Crippen LogP contribution in [0.3, 0.4) is 0 Å². The maximum Gasteiger partial charge on any atom is 0.487 e. The van der Waals surface area contributed by atoms with Crippen molar-refractivity contribution in [1.82, 2.24) is 14.1 Å². The SMILES string of the molecule is COc1cnc2c(ccn2[Si](C(C)C)(C(C)C)C(C)C)c1C(=CB1OC(C)(C)C(C)(C)O1)C1CN(C(=O)O)CCC1C. The highest BCUT2D eigenvalue weighted by Crippen LogP contribution is 2.47. The summed E-state index contributed by atoms with van der Waals surface area (Å²) in [6, 6.07) is 2.19. The monoisotopic (exact) mass is 597 g/mol. The van der Waals surface area contributed by atoms with Gasteiger partial charge in [-0.3, -0.25) is 0 Å². The van der Waals surface area contributed by atoms with Crippen molar-refractivity contribution >= 4 is 38.1 Å². The van der Waals surface area contributed by atoms with Gasteiger partial charge in [-0.05, 0) is 80.5 Å². The molecule has 0 spiro atoms. The molecule has 8 nitrogen and oxygen atoms in total. The van der Waals surface area contributed by atoms with Crippen LogP contribution in [0.5, 0.6) is 5.75 Å². The maximum atomic E-state index is 12.1. The third kappa shape index (κ3) is 5.32. The molecular weight excluding hydrogens is 545 g/mol. The number of methoxy groups -OCH3 is 1. The summed E-state index contributed by atoms with van der Waals surface area (Å²) in [6.45, 7) is 25.5. The van der Waals surface area contributed by atoms with Crippen LogP contribution in [0.2, 0.25) is 16.6 Å². The highest BCUT2D eigenvalue weighted by atomic mass is 28.3. The molecule has 2 atom stereocenters. The van der Waals surface area contributed by atoms with E-state index in [0.717, 1.165) is 28.6 Å². The van der Waals surface area contributed by atoms with Gasteiger partial charge in [-0.25, -0.2) is 9.78 Å². The van der Waals surface area contributed by atoms with E-state index in [2.05, 4.69) is 98.6 Å². The van der Waals surface area contributed by atoms with E-state index in [9.17, 15) is 9.90 Å². The van der Waals surface area contributed by atoms with Gasteiger partial charge in [0.05, 0.1) is 24.5 Å². The number of pyridine rings is 1. The molecule has 2 unspecified atom stereocenters. The molecule has 1 amide bonds. The molecule has 2 aliphatic heterocycles. The summed E-state index contributed by atoms with van der Waals surface area (Å²) in [5, 5.41) is 11.0. The van der Waals surface area contributed by atoms with Gasteiger partial charge in [0.1, 0.15) is 11.4 Å². The summed E-state index contributed by atoms with van der Waals surface area (Å²) in [5.74, 6) is 2.93. The van der Waals surface area contributed by atoms with Crippen LogP contribution in [0.25, 0.3) is 16.6 Å². The van der Waals surface area contributed by atoms with Crippen molar-refractivity contribution in [2.24, 2.45) is 11.8 Å². The number of aromatic nitrogens is 2. The number of fused-ring (bicyclic) bond motifs is 1. The Hall–Kier alpha value is -2.30. The Kier molecular flexibility index (Phi) is 9.05. The summed E-state index contributed by atoms with van der Waals surface area (Å²) in [5.41, 5.74) is 3.43. The lowest BCUT2D eigenvalue weighted by Gasteiger charge is -2.44. The number of carbonyl (C=O) groups is 1. The summed E-state index contributed by atoms with van der Waals surface area (Å²) < 4.78 is 21.5. The van der Waals surface area contributed by atoms with E-state index in [0.29, 0.717) is 35.5 Å². The van der Waals surface area contributed by atoms with Crippen LogP contribution in [0.15, 0.2) is 24.4 Å². The Balaban J connectivity index is 2.01. The molecule has 0 bridgehead atoms. The lowest BCUT2D eigenvalue weighted by molar-refractivity contribution is 0.00578. The van der Waals surface area contributed by atoms with E-state index in [-0.39, 0.29) is 11.8 Å². The smallest absolute Gasteiger partial charge is 0.487 e. The summed E-state index contributed by atoms with van der Waals surface area (Å²) in [4.78, 5) is 18.7. The van der Waals surface area contributed by atoms with Crippen LogP contribution in [-0.2, 0) is 9.31 Å². The van der Waals surface area contributed by atoms with Crippen molar-refractivity contribution in [2.45, 2.75) is 110 Å². The zero-order chi connectivity index (χ0) is 31.4. The Morgan fingerprint density at radius 2 is 1.69 bits per heavy atom. The molecule has 2 fully saturated rings. The lowest BCUT2D eigenvalue weighted by atomic mass is 9.73. The normalized spacial score (nSPS) is 23.1. The van der Waals surface area contributed by atoms with Crippen LogP contribution >= 0.6 is 0 Å². The molecule has 4 heterocycles. The Labute approximate surface area is 254 Å². The highest BCUT2D eigenvalue weighted by Gasteiger charge is 2.51. The Morgan fingerprint density at radius 3 is 2.19 bits per heavy atom. The first-order valence-corrected chi connectivity index (χ1v) is 17.8. The Bertz CT molecular complexity index is 1300. The predicted octanol–water partition coefficient (Wildman–Crippen LogP) is 7.72. The van der Waals surface area contributed by atoms with Gasteiger partial charge in [-0.15, -0.1) is 0 Å². The van der Waals surface area contributed by atoms with E-state index in [1.54, 1.807) is 7.11 Å². The van der Waals surface area contributed by atoms with Crippen LogP contribution in [0, 0.1) is 11.8 Å². The van der Waals surface area contributed by atoms with Gasteiger partial charge in [0.2, 0.25) is 0 Å². The van der Waals surface area contributed by atoms with E-state index >= 15 is 0 Å². The number of piperidine rings is 1. The average Bonchev–Trinajstić information content (AvgIpc) is 3.39. The van der Waals surface area contributed by atoms with Gasteiger partial charge >= 0.3 is 13.2 Å². The van der Waals surface area contributed by atoms with Crippen LogP contribution < -0.4 is 4.74 Å². The van der Waals surface area contributed by atoms with Crippen molar-refractivity contribution in [1.29, 1.82) is 0 Å². The van der Waals surface area contributed by atoms with Gasteiger partial charge in [-0.1, -0.05) is 48.5 Å². The average molecular weight is 598 g/mol. The standard InChI is InChI=1S/C32H52BN3O5Si/c1-20(2)42(21(3)4,22(5)6)36-16-14-24-28(27(39-12)18-34-29(24)36)25(17-33-40-31(8,9)32(10,11)41-33)26-19-35(30(37)38)15-13-23(26)7/h14,16-18,20-23,26H,13,15,19H2,1-12H3,(H,37,38). The van der Waals surface area contributed by atoms with Crippen molar-refractivity contribution in [3.8, 4) is 5.75 Å². The number of nitrogens with zero attached hydrogens (tertiary/aromatic N) is 3. The van der Waals surface area contributed by atoms with Crippen molar-refractivity contribution < 1.29 is 23.9 Å².